The molecule has 0 bridgehead atoms. The van der Waals surface area contributed by atoms with Crippen LogP contribution in [-0.2, 0) is 18.3 Å². The Bertz CT molecular complexity index is 1010. The fourth-order valence-corrected chi connectivity index (χ4v) is 3.85. The van der Waals surface area contributed by atoms with Crippen LogP contribution in [0.2, 0.25) is 0 Å². The molecule has 1 N–H and O–H groups in total. The Morgan fingerprint density at radius 1 is 1.00 bits per heavy atom. The van der Waals surface area contributed by atoms with E-state index in [-0.39, 0.29) is 12.3 Å². The summed E-state index contributed by atoms with van der Waals surface area (Å²) >= 11 is 1.41. The van der Waals surface area contributed by atoms with Crippen LogP contribution in [0, 0.1) is 0 Å². The van der Waals surface area contributed by atoms with Crippen molar-refractivity contribution in [3.8, 4) is 22.1 Å². The van der Waals surface area contributed by atoms with Crippen molar-refractivity contribution in [1.29, 1.82) is 0 Å². The summed E-state index contributed by atoms with van der Waals surface area (Å²) in [7, 11) is 0. The molecule has 0 aliphatic carbocycles. The molecule has 1 aromatic heterocycles. The van der Waals surface area contributed by atoms with E-state index < -0.39 is 11.7 Å². The summed E-state index contributed by atoms with van der Waals surface area (Å²) < 4.78 is 48.9. The van der Waals surface area contributed by atoms with Crippen LogP contribution >= 0.6 is 11.3 Å². The quantitative estimate of drug-likeness (QED) is 0.585. The molecule has 0 spiro atoms. The zero-order valence-electron chi connectivity index (χ0n) is 15.8. The van der Waals surface area contributed by atoms with Gasteiger partial charge in [-0.3, -0.25) is 0 Å². The number of alkyl halides is 3. The van der Waals surface area contributed by atoms with Gasteiger partial charge in [-0.25, -0.2) is 4.98 Å². The van der Waals surface area contributed by atoms with Gasteiger partial charge in [0.05, 0.1) is 11.3 Å². The van der Waals surface area contributed by atoms with Crippen molar-refractivity contribution in [2.45, 2.75) is 32.1 Å². The molecule has 0 unspecified atom stereocenters. The second kappa shape index (κ2) is 7.35. The van der Waals surface area contributed by atoms with Gasteiger partial charge < -0.3 is 14.8 Å². The summed E-state index contributed by atoms with van der Waals surface area (Å²) in [6.07, 6.45) is -4.34. The van der Waals surface area contributed by atoms with Gasteiger partial charge in [0.25, 0.3) is 0 Å². The van der Waals surface area contributed by atoms with Crippen LogP contribution in [0.25, 0.3) is 10.6 Å². The first kappa shape index (κ1) is 19.7. The number of hydrogen-bond acceptors (Lipinski definition) is 5. The molecule has 29 heavy (non-hydrogen) atoms. The molecular weight excluding hydrogens is 401 g/mol. The maximum atomic E-state index is 12.7. The number of ether oxygens (including phenoxy) is 2. The molecule has 0 radical (unpaired) electrons. The van der Waals surface area contributed by atoms with Crippen molar-refractivity contribution in [1.82, 2.24) is 10.3 Å². The number of thiazole rings is 1. The lowest BCUT2D eigenvalue weighted by atomic mass is 9.94. The fourth-order valence-electron chi connectivity index (χ4n) is 3.02. The predicted molar refractivity (Wildman–Crippen MR) is 105 cm³/mol. The van der Waals surface area contributed by atoms with Crippen LogP contribution in [0.3, 0.4) is 0 Å². The average Bonchev–Trinajstić information content (AvgIpc) is 3.34. The molecule has 3 aromatic rings. The molecule has 0 amide bonds. The Balaban J connectivity index is 1.44. The lowest BCUT2D eigenvalue weighted by molar-refractivity contribution is -0.137. The topological polar surface area (TPSA) is 43.4 Å². The van der Waals surface area contributed by atoms with Gasteiger partial charge in [0.15, 0.2) is 11.5 Å². The molecule has 8 heteroatoms. The molecule has 1 aliphatic heterocycles. The molecule has 0 atom stereocenters. The summed E-state index contributed by atoms with van der Waals surface area (Å²) in [5.74, 6) is 1.47. The Morgan fingerprint density at radius 2 is 1.69 bits per heavy atom. The number of nitrogens with zero attached hydrogens (tertiary/aromatic N) is 1. The third-order valence-electron chi connectivity index (χ3n) is 4.82. The molecule has 4 rings (SSSR count). The Morgan fingerprint density at radius 3 is 2.41 bits per heavy atom. The van der Waals surface area contributed by atoms with E-state index in [1.807, 2.05) is 23.6 Å². The van der Waals surface area contributed by atoms with Gasteiger partial charge in [-0.15, -0.1) is 11.3 Å². The SMILES string of the molecule is CC(C)(NCc1csc(-c2ccc(C(F)(F)F)cc2)n1)c1ccc2c(c1)OCO2. The third-order valence-corrected chi connectivity index (χ3v) is 5.76. The Kier molecular flexibility index (Phi) is 5.00. The van der Waals surface area contributed by atoms with E-state index in [2.05, 4.69) is 24.1 Å². The number of benzene rings is 2. The van der Waals surface area contributed by atoms with Gasteiger partial charge in [0, 0.05) is 23.0 Å². The minimum Gasteiger partial charge on any atom is -0.454 e. The fraction of sp³-hybridized carbons (Fsp3) is 0.286. The largest absolute Gasteiger partial charge is 0.454 e. The average molecular weight is 420 g/mol. The van der Waals surface area contributed by atoms with Crippen LogP contribution in [0.4, 0.5) is 13.2 Å². The van der Waals surface area contributed by atoms with E-state index in [0.717, 1.165) is 34.9 Å². The molecule has 2 aromatic carbocycles. The van der Waals surface area contributed by atoms with E-state index >= 15 is 0 Å². The summed E-state index contributed by atoms with van der Waals surface area (Å²) in [6.45, 7) is 4.89. The highest BCUT2D eigenvalue weighted by Gasteiger charge is 2.30. The lowest BCUT2D eigenvalue weighted by Crippen LogP contribution is -2.36. The number of fused-ring (bicyclic) bond motifs is 1. The zero-order chi connectivity index (χ0) is 20.6. The molecule has 152 valence electrons. The van der Waals surface area contributed by atoms with Crippen LogP contribution in [-0.4, -0.2) is 11.8 Å². The summed E-state index contributed by atoms with van der Waals surface area (Å²) in [5.41, 5.74) is 1.56. The highest BCUT2D eigenvalue weighted by Crippen LogP contribution is 2.36. The highest BCUT2D eigenvalue weighted by molar-refractivity contribution is 7.13. The van der Waals surface area contributed by atoms with E-state index in [1.165, 1.54) is 23.5 Å². The second-order valence-electron chi connectivity index (χ2n) is 7.27. The smallest absolute Gasteiger partial charge is 0.416 e. The third kappa shape index (κ3) is 4.23. The summed E-state index contributed by atoms with van der Waals surface area (Å²) in [6, 6.07) is 10.9. The van der Waals surface area contributed by atoms with Crippen molar-refractivity contribution >= 4 is 11.3 Å². The van der Waals surface area contributed by atoms with Crippen molar-refractivity contribution in [2.24, 2.45) is 0 Å². The molecule has 0 saturated heterocycles. The molecule has 2 heterocycles. The van der Waals surface area contributed by atoms with Crippen molar-refractivity contribution in [2.75, 3.05) is 6.79 Å². The minimum atomic E-state index is -4.34. The van der Waals surface area contributed by atoms with Crippen molar-refractivity contribution in [3.63, 3.8) is 0 Å². The van der Waals surface area contributed by atoms with Crippen LogP contribution in [0.15, 0.2) is 47.8 Å². The number of nitrogens with one attached hydrogen (secondary N) is 1. The first-order chi connectivity index (χ1) is 13.7. The van der Waals surface area contributed by atoms with Gasteiger partial charge in [-0.05, 0) is 43.7 Å². The first-order valence-corrected chi connectivity index (χ1v) is 9.87. The van der Waals surface area contributed by atoms with Gasteiger partial charge in [0.1, 0.15) is 5.01 Å². The Labute approximate surface area is 170 Å². The first-order valence-electron chi connectivity index (χ1n) is 8.99. The lowest BCUT2D eigenvalue weighted by Gasteiger charge is -2.27. The van der Waals surface area contributed by atoms with E-state index in [4.69, 9.17) is 9.47 Å². The van der Waals surface area contributed by atoms with Crippen molar-refractivity contribution < 1.29 is 22.6 Å². The maximum Gasteiger partial charge on any atom is 0.416 e. The number of rotatable bonds is 5. The molecule has 1 aliphatic rings. The minimum absolute atomic E-state index is 0.234. The molecular formula is C21H19F3N2O2S. The predicted octanol–water partition coefficient (Wildman–Crippen LogP) is 5.58. The normalized spacial score (nSPS) is 13.7. The zero-order valence-corrected chi connectivity index (χ0v) is 16.7. The monoisotopic (exact) mass is 420 g/mol. The van der Waals surface area contributed by atoms with Crippen molar-refractivity contribution in [3.05, 3.63) is 64.7 Å². The summed E-state index contributed by atoms with van der Waals surface area (Å²) in [4.78, 5) is 4.56. The standard InChI is InChI=1S/C21H19F3N2O2S/c1-20(2,15-7-8-17-18(9-15)28-12-27-17)25-10-16-11-29-19(26-16)13-3-5-14(6-4-13)21(22,23)24/h3-9,11,25H,10,12H2,1-2H3. The summed E-state index contributed by atoms with van der Waals surface area (Å²) in [5, 5.41) is 6.08. The second-order valence-corrected chi connectivity index (χ2v) is 8.12. The number of halogens is 3. The van der Waals surface area contributed by atoms with Crippen LogP contribution in [0.5, 0.6) is 11.5 Å². The van der Waals surface area contributed by atoms with E-state index in [1.54, 1.807) is 0 Å². The number of hydrogen-bond donors (Lipinski definition) is 1. The molecule has 0 fully saturated rings. The van der Waals surface area contributed by atoms with Gasteiger partial charge in [0.2, 0.25) is 6.79 Å². The highest BCUT2D eigenvalue weighted by atomic mass is 32.1. The van der Waals surface area contributed by atoms with Crippen LogP contribution < -0.4 is 14.8 Å². The van der Waals surface area contributed by atoms with Crippen LogP contribution in [0.1, 0.15) is 30.7 Å². The van der Waals surface area contributed by atoms with E-state index in [9.17, 15) is 13.2 Å². The maximum absolute atomic E-state index is 12.7. The van der Waals surface area contributed by atoms with Gasteiger partial charge in [-0.2, -0.15) is 13.2 Å². The van der Waals surface area contributed by atoms with E-state index in [0.29, 0.717) is 17.1 Å². The Hall–Kier alpha value is -2.58. The molecule has 0 saturated carbocycles. The van der Waals surface area contributed by atoms with Gasteiger partial charge in [-0.1, -0.05) is 18.2 Å². The number of aromatic nitrogens is 1. The molecule has 4 nitrogen and oxygen atoms in total. The van der Waals surface area contributed by atoms with Gasteiger partial charge >= 0.3 is 6.18 Å².